The largest absolute Gasteiger partial charge is 0.439 e. The summed E-state index contributed by atoms with van der Waals surface area (Å²) in [6.07, 6.45) is 0. The summed E-state index contributed by atoms with van der Waals surface area (Å²) in [7, 11) is 0. The summed E-state index contributed by atoms with van der Waals surface area (Å²) in [4.78, 5) is 21.0. The SMILES string of the molecule is Cc1nc(Oc2ccc(NC(=O)c3ccc(F)c(F)c3)cc2)cc(-n2nc(C)c(C)c2C)n1. The van der Waals surface area contributed by atoms with Crippen LogP contribution in [-0.4, -0.2) is 25.7 Å². The Morgan fingerprint density at radius 1 is 0.939 bits per heavy atom. The molecule has 33 heavy (non-hydrogen) atoms. The molecule has 0 saturated carbocycles. The molecule has 0 bridgehead atoms. The molecule has 0 aliphatic carbocycles. The summed E-state index contributed by atoms with van der Waals surface area (Å²) in [5.41, 5.74) is 3.48. The number of carbonyl (C=O) groups excluding carboxylic acids is 1. The third-order valence-electron chi connectivity index (χ3n) is 5.19. The van der Waals surface area contributed by atoms with E-state index in [-0.39, 0.29) is 5.56 Å². The Kier molecular flexibility index (Phi) is 5.87. The van der Waals surface area contributed by atoms with Crippen LogP contribution in [0.3, 0.4) is 0 Å². The lowest BCUT2D eigenvalue weighted by Crippen LogP contribution is -2.12. The standard InChI is InChI=1S/C24H21F2N5O2/c1-13-14(2)30-31(15(13)3)22-12-23(28-16(4)27-22)33-19-8-6-18(7-9-19)29-24(32)17-5-10-20(25)21(26)11-17/h5-12H,1-4H3,(H,29,32). The van der Waals surface area contributed by atoms with Gasteiger partial charge in [-0.1, -0.05) is 0 Å². The van der Waals surface area contributed by atoms with E-state index in [1.54, 1.807) is 41.9 Å². The molecule has 9 heteroatoms. The average Bonchev–Trinajstić information content (AvgIpc) is 3.04. The lowest BCUT2D eigenvalue weighted by molar-refractivity contribution is 0.102. The van der Waals surface area contributed by atoms with Gasteiger partial charge in [0.2, 0.25) is 5.88 Å². The number of halogens is 2. The number of rotatable bonds is 5. The lowest BCUT2D eigenvalue weighted by Gasteiger charge is -2.10. The number of carbonyl (C=O) groups is 1. The topological polar surface area (TPSA) is 81.9 Å². The van der Waals surface area contributed by atoms with E-state index < -0.39 is 17.5 Å². The van der Waals surface area contributed by atoms with Gasteiger partial charge in [-0.3, -0.25) is 4.79 Å². The highest BCUT2D eigenvalue weighted by molar-refractivity contribution is 6.04. The van der Waals surface area contributed by atoms with Crippen LogP contribution >= 0.6 is 0 Å². The predicted molar refractivity (Wildman–Crippen MR) is 119 cm³/mol. The number of nitrogens with one attached hydrogen (secondary N) is 1. The van der Waals surface area contributed by atoms with Crippen molar-refractivity contribution in [1.29, 1.82) is 0 Å². The number of benzene rings is 2. The fraction of sp³-hybridized carbons (Fsp3) is 0.167. The first-order valence-corrected chi connectivity index (χ1v) is 10.1. The third-order valence-corrected chi connectivity index (χ3v) is 5.19. The predicted octanol–water partition coefficient (Wildman–Crippen LogP) is 5.22. The molecule has 2 aromatic heterocycles. The fourth-order valence-corrected chi connectivity index (χ4v) is 3.20. The van der Waals surface area contributed by atoms with Crippen LogP contribution in [0.2, 0.25) is 0 Å². The Morgan fingerprint density at radius 2 is 1.67 bits per heavy atom. The van der Waals surface area contributed by atoms with Gasteiger partial charge in [-0.2, -0.15) is 10.1 Å². The van der Waals surface area contributed by atoms with Crippen molar-refractivity contribution < 1.29 is 18.3 Å². The second kappa shape index (κ2) is 8.78. The molecule has 168 valence electrons. The molecule has 4 aromatic rings. The van der Waals surface area contributed by atoms with Gasteiger partial charge in [0.1, 0.15) is 11.6 Å². The van der Waals surface area contributed by atoms with Gasteiger partial charge in [-0.05, 0) is 75.7 Å². The van der Waals surface area contributed by atoms with Gasteiger partial charge < -0.3 is 10.1 Å². The van der Waals surface area contributed by atoms with Crippen LogP contribution < -0.4 is 10.1 Å². The van der Waals surface area contributed by atoms with Gasteiger partial charge >= 0.3 is 0 Å². The zero-order valence-corrected chi connectivity index (χ0v) is 18.5. The van der Waals surface area contributed by atoms with E-state index in [4.69, 9.17) is 4.74 Å². The molecule has 2 aromatic carbocycles. The molecule has 0 fully saturated rings. The second-order valence-electron chi connectivity index (χ2n) is 7.53. The van der Waals surface area contributed by atoms with Crippen molar-refractivity contribution in [2.45, 2.75) is 27.7 Å². The molecule has 0 unspecified atom stereocenters. The first-order valence-electron chi connectivity index (χ1n) is 10.1. The van der Waals surface area contributed by atoms with Gasteiger partial charge in [0.05, 0.1) is 5.69 Å². The zero-order chi connectivity index (χ0) is 23.7. The molecule has 0 radical (unpaired) electrons. The van der Waals surface area contributed by atoms with Crippen LogP contribution in [-0.2, 0) is 0 Å². The van der Waals surface area contributed by atoms with E-state index in [0.717, 1.165) is 29.1 Å². The van der Waals surface area contributed by atoms with Crippen LogP contribution in [0.15, 0.2) is 48.5 Å². The minimum Gasteiger partial charge on any atom is -0.439 e. The summed E-state index contributed by atoms with van der Waals surface area (Å²) < 4.78 is 34.1. The Morgan fingerprint density at radius 3 is 2.30 bits per heavy atom. The van der Waals surface area contributed by atoms with E-state index >= 15 is 0 Å². The van der Waals surface area contributed by atoms with Crippen molar-refractivity contribution in [2.75, 3.05) is 5.32 Å². The number of ether oxygens (including phenoxy) is 1. The lowest BCUT2D eigenvalue weighted by atomic mass is 10.2. The maximum absolute atomic E-state index is 13.4. The molecule has 1 amide bonds. The van der Waals surface area contributed by atoms with Crippen LogP contribution in [0.1, 0.15) is 33.1 Å². The first kappa shape index (κ1) is 22.1. The van der Waals surface area contributed by atoms with E-state index in [1.165, 1.54) is 6.07 Å². The number of aromatic nitrogens is 4. The van der Waals surface area contributed by atoms with Gasteiger partial charge in [0.25, 0.3) is 5.91 Å². The summed E-state index contributed by atoms with van der Waals surface area (Å²) in [6, 6.07) is 11.2. The highest BCUT2D eigenvalue weighted by Gasteiger charge is 2.13. The van der Waals surface area contributed by atoms with Crippen molar-refractivity contribution in [1.82, 2.24) is 19.7 Å². The van der Waals surface area contributed by atoms with Crippen molar-refractivity contribution in [2.24, 2.45) is 0 Å². The molecule has 7 nitrogen and oxygen atoms in total. The molecular formula is C24H21F2N5O2. The van der Waals surface area contributed by atoms with Crippen LogP contribution in [0.25, 0.3) is 5.82 Å². The van der Waals surface area contributed by atoms with Crippen LogP contribution in [0.5, 0.6) is 11.6 Å². The number of hydrogen-bond acceptors (Lipinski definition) is 5. The van der Waals surface area contributed by atoms with Gasteiger partial charge in [0.15, 0.2) is 17.5 Å². The minimum absolute atomic E-state index is 0.0117. The Bertz CT molecular complexity index is 1350. The van der Waals surface area contributed by atoms with Crippen molar-refractivity contribution >= 4 is 11.6 Å². The quantitative estimate of drug-likeness (QED) is 0.452. The average molecular weight is 449 g/mol. The second-order valence-corrected chi connectivity index (χ2v) is 7.53. The van der Waals surface area contributed by atoms with E-state index in [1.807, 2.05) is 20.8 Å². The fourth-order valence-electron chi connectivity index (χ4n) is 3.20. The van der Waals surface area contributed by atoms with Gasteiger partial charge in [0, 0.05) is 23.0 Å². The van der Waals surface area contributed by atoms with Gasteiger partial charge in [-0.25, -0.2) is 18.4 Å². The summed E-state index contributed by atoms with van der Waals surface area (Å²) >= 11 is 0. The molecule has 4 rings (SSSR count). The Balaban J connectivity index is 1.50. The number of amides is 1. The number of nitrogens with zero attached hydrogens (tertiary/aromatic N) is 4. The molecule has 0 spiro atoms. The van der Waals surface area contributed by atoms with Crippen LogP contribution in [0, 0.1) is 39.3 Å². The first-order chi connectivity index (χ1) is 15.7. The minimum atomic E-state index is -1.08. The summed E-state index contributed by atoms with van der Waals surface area (Å²) in [5, 5.41) is 7.16. The highest BCUT2D eigenvalue weighted by Crippen LogP contribution is 2.24. The molecule has 0 atom stereocenters. The van der Waals surface area contributed by atoms with E-state index in [2.05, 4.69) is 20.4 Å². The molecule has 0 aliphatic heterocycles. The maximum Gasteiger partial charge on any atom is 0.255 e. The molecular weight excluding hydrogens is 428 g/mol. The number of aryl methyl sites for hydroxylation is 2. The molecule has 0 saturated heterocycles. The van der Waals surface area contributed by atoms with E-state index in [0.29, 0.717) is 29.0 Å². The summed E-state index contributed by atoms with van der Waals surface area (Å²) in [6.45, 7) is 7.69. The van der Waals surface area contributed by atoms with Crippen molar-refractivity contribution in [3.05, 3.63) is 88.5 Å². The van der Waals surface area contributed by atoms with Gasteiger partial charge in [-0.15, -0.1) is 0 Å². The van der Waals surface area contributed by atoms with Crippen LogP contribution in [0.4, 0.5) is 14.5 Å². The Hall–Kier alpha value is -4.14. The smallest absolute Gasteiger partial charge is 0.255 e. The monoisotopic (exact) mass is 449 g/mol. The number of anilines is 1. The Labute approximate surface area is 189 Å². The zero-order valence-electron chi connectivity index (χ0n) is 18.5. The number of hydrogen-bond donors (Lipinski definition) is 1. The normalized spacial score (nSPS) is 10.8. The van der Waals surface area contributed by atoms with Crippen molar-refractivity contribution in [3.63, 3.8) is 0 Å². The molecule has 0 aliphatic rings. The molecule has 2 heterocycles. The molecule has 1 N–H and O–H groups in total. The maximum atomic E-state index is 13.4. The highest BCUT2D eigenvalue weighted by atomic mass is 19.2. The third kappa shape index (κ3) is 4.72. The van der Waals surface area contributed by atoms with Crippen molar-refractivity contribution in [3.8, 4) is 17.4 Å². The van der Waals surface area contributed by atoms with E-state index in [9.17, 15) is 13.6 Å². The summed E-state index contributed by atoms with van der Waals surface area (Å²) in [5.74, 6) is -0.676.